The summed E-state index contributed by atoms with van der Waals surface area (Å²) < 4.78 is 0. The van der Waals surface area contributed by atoms with Gasteiger partial charge in [-0.3, -0.25) is 0 Å². The predicted octanol–water partition coefficient (Wildman–Crippen LogP) is 2.99. The van der Waals surface area contributed by atoms with E-state index in [0.29, 0.717) is 0 Å². The topological polar surface area (TPSA) is 12.0 Å². The number of rotatable bonds is 0. The van der Waals surface area contributed by atoms with Gasteiger partial charge in [-0.2, -0.15) is 0 Å². The molecule has 1 aliphatic heterocycles. The zero-order valence-corrected chi connectivity index (χ0v) is 7.81. The Morgan fingerprint density at radius 2 is 1.67 bits per heavy atom. The summed E-state index contributed by atoms with van der Waals surface area (Å²) in [7, 11) is 0. The maximum atomic E-state index is 3.24. The van der Waals surface area contributed by atoms with Crippen LogP contribution in [0.3, 0.4) is 0 Å². The highest BCUT2D eigenvalue weighted by Gasteiger charge is 1.90. The molecule has 1 heteroatoms. The highest BCUT2D eigenvalue weighted by Crippen LogP contribution is 2.07. The van der Waals surface area contributed by atoms with E-state index in [9.17, 15) is 0 Å². The van der Waals surface area contributed by atoms with E-state index >= 15 is 0 Å². The molecule has 1 nitrogen and oxygen atoms in total. The van der Waals surface area contributed by atoms with Crippen molar-refractivity contribution < 1.29 is 0 Å². The van der Waals surface area contributed by atoms with E-state index in [0.717, 1.165) is 6.54 Å². The maximum Gasteiger partial charge on any atom is 0.0394 e. The molecular weight excluding hydrogens is 146 g/mol. The van der Waals surface area contributed by atoms with Crippen LogP contribution in [0.2, 0.25) is 0 Å². The van der Waals surface area contributed by atoms with Gasteiger partial charge in [0, 0.05) is 12.7 Å². The molecule has 0 saturated heterocycles. The Morgan fingerprint density at radius 3 is 2.58 bits per heavy atom. The molecule has 1 heterocycles. The minimum atomic E-state index is 1.11. The van der Waals surface area contributed by atoms with Crippen molar-refractivity contribution in [3.63, 3.8) is 0 Å². The van der Waals surface area contributed by atoms with Gasteiger partial charge in [0.05, 0.1) is 0 Å². The van der Waals surface area contributed by atoms with Crippen LogP contribution in [0.5, 0.6) is 0 Å². The molecule has 0 aromatic heterocycles. The summed E-state index contributed by atoms with van der Waals surface area (Å²) in [5.74, 6) is 0. The van der Waals surface area contributed by atoms with Gasteiger partial charge in [-0.05, 0) is 25.3 Å². The van der Waals surface area contributed by atoms with Gasteiger partial charge in [-0.1, -0.05) is 25.7 Å². The molecular formula is C11H19N. The van der Waals surface area contributed by atoms with Crippen LogP contribution < -0.4 is 5.32 Å². The molecule has 0 unspecified atom stereocenters. The third-order valence-corrected chi connectivity index (χ3v) is 2.22. The zero-order chi connectivity index (χ0) is 8.49. The fourth-order valence-corrected chi connectivity index (χ4v) is 1.45. The van der Waals surface area contributed by atoms with E-state index < -0.39 is 0 Å². The molecule has 1 aliphatic rings. The van der Waals surface area contributed by atoms with Crippen LogP contribution in [0, 0.1) is 0 Å². The number of allylic oxidation sites excluding steroid dienone is 1. The van der Waals surface area contributed by atoms with Crippen LogP contribution in [-0.2, 0) is 0 Å². The minimum Gasteiger partial charge on any atom is -0.385 e. The lowest BCUT2D eigenvalue weighted by molar-refractivity contribution is 0.587. The first-order valence-corrected chi connectivity index (χ1v) is 5.13. The summed E-state index contributed by atoms with van der Waals surface area (Å²) in [4.78, 5) is 0. The zero-order valence-electron chi connectivity index (χ0n) is 7.81. The standard InChI is InChI=1S/C11H19N/c1-2-4-6-8-10-12-11-9-7-5-3-1/h6,10,12H,1-5,7,9,11H2. The molecule has 0 fully saturated rings. The van der Waals surface area contributed by atoms with E-state index in [4.69, 9.17) is 0 Å². The minimum absolute atomic E-state index is 1.11. The number of hydrogen-bond donors (Lipinski definition) is 1. The first-order valence-electron chi connectivity index (χ1n) is 5.13. The molecule has 1 N–H and O–H groups in total. The highest BCUT2D eigenvalue weighted by molar-refractivity contribution is 4.83. The van der Waals surface area contributed by atoms with Crippen LogP contribution in [-0.4, -0.2) is 6.54 Å². The fourth-order valence-electron chi connectivity index (χ4n) is 1.45. The van der Waals surface area contributed by atoms with Gasteiger partial charge in [-0.15, -0.1) is 5.73 Å². The van der Waals surface area contributed by atoms with Crippen molar-refractivity contribution in [2.45, 2.75) is 44.9 Å². The summed E-state index contributed by atoms with van der Waals surface area (Å²) in [6, 6.07) is 0. The Morgan fingerprint density at radius 1 is 0.917 bits per heavy atom. The van der Waals surface area contributed by atoms with Gasteiger partial charge in [0.2, 0.25) is 0 Å². The average molecular weight is 165 g/mol. The van der Waals surface area contributed by atoms with E-state index in [2.05, 4.69) is 17.1 Å². The van der Waals surface area contributed by atoms with Gasteiger partial charge in [-0.25, -0.2) is 0 Å². The lowest BCUT2D eigenvalue weighted by Crippen LogP contribution is -2.05. The second kappa shape index (κ2) is 7.00. The molecule has 0 radical (unpaired) electrons. The first-order chi connectivity index (χ1) is 6.00. The molecule has 0 amide bonds. The van der Waals surface area contributed by atoms with Crippen molar-refractivity contribution in [3.8, 4) is 0 Å². The lowest BCUT2D eigenvalue weighted by atomic mass is 10.1. The fraction of sp³-hybridized carbons (Fsp3) is 0.727. The van der Waals surface area contributed by atoms with Gasteiger partial charge < -0.3 is 5.32 Å². The molecule has 12 heavy (non-hydrogen) atoms. The molecule has 0 aliphatic carbocycles. The Balaban J connectivity index is 2.22. The molecule has 1 rings (SSSR count). The largest absolute Gasteiger partial charge is 0.385 e. The Hall–Kier alpha value is -0.680. The van der Waals surface area contributed by atoms with Gasteiger partial charge in [0.25, 0.3) is 0 Å². The third kappa shape index (κ3) is 5.03. The van der Waals surface area contributed by atoms with Gasteiger partial charge in [0.1, 0.15) is 0 Å². The molecule has 0 spiro atoms. The molecule has 0 aromatic carbocycles. The summed E-state index contributed by atoms with van der Waals surface area (Å²) in [5.41, 5.74) is 3.14. The van der Waals surface area contributed by atoms with Crippen LogP contribution in [0.1, 0.15) is 44.9 Å². The van der Waals surface area contributed by atoms with Crippen LogP contribution in [0.15, 0.2) is 18.0 Å². The molecule has 0 atom stereocenters. The Kier molecular flexibility index (Phi) is 5.48. The average Bonchev–Trinajstić information content (AvgIpc) is 2.05. The van der Waals surface area contributed by atoms with Crippen molar-refractivity contribution in [2.75, 3.05) is 6.54 Å². The normalized spacial score (nSPS) is 20.7. The molecule has 0 bridgehead atoms. The molecule has 0 saturated carbocycles. The monoisotopic (exact) mass is 165 g/mol. The second-order valence-electron chi connectivity index (χ2n) is 3.38. The van der Waals surface area contributed by atoms with Crippen LogP contribution in [0.4, 0.5) is 0 Å². The Bertz CT molecular complexity index is 140. The van der Waals surface area contributed by atoms with E-state index in [1.807, 2.05) is 6.20 Å². The Labute approximate surface area is 75.6 Å². The van der Waals surface area contributed by atoms with Crippen molar-refractivity contribution in [1.29, 1.82) is 0 Å². The summed E-state index contributed by atoms with van der Waals surface area (Å²) in [6.07, 6.45) is 13.5. The number of hydrogen-bond acceptors (Lipinski definition) is 1. The van der Waals surface area contributed by atoms with E-state index in [1.165, 1.54) is 44.9 Å². The molecule has 68 valence electrons. The van der Waals surface area contributed by atoms with E-state index in [1.54, 1.807) is 0 Å². The second-order valence-corrected chi connectivity index (χ2v) is 3.38. The summed E-state index contributed by atoms with van der Waals surface area (Å²) in [5, 5.41) is 3.24. The smallest absolute Gasteiger partial charge is 0.0394 e. The van der Waals surface area contributed by atoms with Crippen molar-refractivity contribution in [3.05, 3.63) is 18.0 Å². The van der Waals surface area contributed by atoms with Crippen LogP contribution >= 0.6 is 0 Å². The summed E-state index contributed by atoms with van der Waals surface area (Å²) >= 11 is 0. The van der Waals surface area contributed by atoms with Crippen molar-refractivity contribution in [2.24, 2.45) is 0 Å². The highest BCUT2D eigenvalue weighted by atomic mass is 14.8. The molecule has 0 aromatic rings. The summed E-state index contributed by atoms with van der Waals surface area (Å²) in [6.45, 7) is 1.11. The SMILES string of the molecule is C1=CCCCCCCCCNC=1. The third-order valence-electron chi connectivity index (χ3n) is 2.22. The first kappa shape index (κ1) is 9.41. The quantitative estimate of drug-likeness (QED) is 0.544. The maximum absolute atomic E-state index is 3.24. The van der Waals surface area contributed by atoms with Gasteiger partial charge in [0.15, 0.2) is 0 Å². The lowest BCUT2D eigenvalue weighted by Gasteiger charge is -2.02. The van der Waals surface area contributed by atoms with Crippen LogP contribution in [0.25, 0.3) is 0 Å². The van der Waals surface area contributed by atoms with Crippen molar-refractivity contribution >= 4 is 0 Å². The van der Waals surface area contributed by atoms with Crippen molar-refractivity contribution in [1.82, 2.24) is 5.32 Å². The van der Waals surface area contributed by atoms with E-state index in [-0.39, 0.29) is 0 Å². The number of nitrogens with one attached hydrogen (secondary N) is 1. The predicted molar refractivity (Wildman–Crippen MR) is 53.0 cm³/mol. The van der Waals surface area contributed by atoms with Gasteiger partial charge >= 0.3 is 0 Å².